The van der Waals surface area contributed by atoms with E-state index in [1.807, 2.05) is 55.5 Å². The maximum Gasteiger partial charge on any atom is 0.0432 e. The van der Waals surface area contributed by atoms with Gasteiger partial charge in [-0.2, -0.15) is 0 Å². The normalized spacial score (nSPS) is 10.8. The van der Waals surface area contributed by atoms with Gasteiger partial charge in [0.25, 0.3) is 0 Å². The van der Waals surface area contributed by atoms with Crippen molar-refractivity contribution in [2.75, 3.05) is 0 Å². The van der Waals surface area contributed by atoms with E-state index >= 15 is 0 Å². The van der Waals surface area contributed by atoms with E-state index in [1.54, 1.807) is 6.07 Å². The van der Waals surface area contributed by atoms with Gasteiger partial charge in [0.05, 0.1) is 0 Å². The first kappa shape index (κ1) is 12.8. The maximum absolute atomic E-state index is 8.56. The number of hydrogen-bond donors (Lipinski definition) is 0. The van der Waals surface area contributed by atoms with Gasteiger partial charge in [-0.3, -0.25) is 0 Å². The van der Waals surface area contributed by atoms with E-state index in [9.17, 15) is 0 Å². The summed E-state index contributed by atoms with van der Waals surface area (Å²) >= 11 is 0. The Kier molecular flexibility index (Phi) is 4.23. The molecule has 1 unspecified atom stereocenters. The molecule has 0 saturated carbocycles. The smallest absolute Gasteiger partial charge is 0.0432 e. The summed E-state index contributed by atoms with van der Waals surface area (Å²) in [4.78, 5) is 2.84. The van der Waals surface area contributed by atoms with Crippen molar-refractivity contribution in [3.63, 3.8) is 0 Å². The van der Waals surface area contributed by atoms with Gasteiger partial charge < -0.3 is 0 Å². The lowest BCUT2D eigenvalue weighted by Gasteiger charge is -2.07. The summed E-state index contributed by atoms with van der Waals surface area (Å²) in [7, 11) is 0. The van der Waals surface area contributed by atoms with Crippen LogP contribution in [-0.2, 0) is 0 Å². The minimum absolute atomic E-state index is 0.0157. The van der Waals surface area contributed by atoms with Crippen molar-refractivity contribution >= 4 is 5.69 Å². The Morgan fingerprint density at radius 3 is 2.47 bits per heavy atom. The highest BCUT2D eigenvalue weighted by atomic mass is 15.1. The Hall–Kier alpha value is -2.69. The highest BCUT2D eigenvalue weighted by molar-refractivity contribution is 5.50. The van der Waals surface area contributed by atoms with Crippen LogP contribution in [0.3, 0.4) is 0 Å². The quantitative estimate of drug-likeness (QED) is 0.317. The molecular formula is C16H13N3. The Balaban J connectivity index is 2.28. The molecule has 0 aliphatic carbocycles. The minimum atomic E-state index is 0.0157. The van der Waals surface area contributed by atoms with Gasteiger partial charge in [0.2, 0.25) is 0 Å². The molecule has 2 rings (SSSR count). The average Bonchev–Trinajstić information content (AvgIpc) is 2.47. The summed E-state index contributed by atoms with van der Waals surface area (Å²) in [5.74, 6) is 6.32. The fourth-order valence-corrected chi connectivity index (χ4v) is 1.78. The molecule has 0 fully saturated rings. The van der Waals surface area contributed by atoms with Crippen LogP contribution in [0, 0.1) is 11.8 Å². The summed E-state index contributed by atoms with van der Waals surface area (Å²) < 4.78 is 0. The zero-order valence-corrected chi connectivity index (χ0v) is 10.6. The predicted octanol–water partition coefficient (Wildman–Crippen LogP) is 4.78. The lowest BCUT2D eigenvalue weighted by atomic mass is 9.99. The molecule has 0 N–H and O–H groups in total. The van der Waals surface area contributed by atoms with Crippen LogP contribution in [0.1, 0.15) is 24.0 Å². The first-order chi connectivity index (χ1) is 9.31. The molecule has 0 spiro atoms. The fourth-order valence-electron chi connectivity index (χ4n) is 1.78. The molecule has 0 heterocycles. The predicted molar refractivity (Wildman–Crippen MR) is 77.0 cm³/mol. The fraction of sp³-hybridized carbons (Fsp3) is 0.125. The third-order valence-corrected chi connectivity index (χ3v) is 2.76. The lowest BCUT2D eigenvalue weighted by Crippen LogP contribution is -1.90. The van der Waals surface area contributed by atoms with E-state index in [1.165, 1.54) is 0 Å². The minimum Gasteiger partial charge on any atom is -0.0900 e. The number of rotatable bonds is 2. The first-order valence-electron chi connectivity index (χ1n) is 6.02. The third-order valence-electron chi connectivity index (χ3n) is 2.76. The van der Waals surface area contributed by atoms with Gasteiger partial charge in [0, 0.05) is 22.1 Å². The Bertz CT molecular complexity index is 659. The van der Waals surface area contributed by atoms with Crippen LogP contribution in [0.4, 0.5) is 5.69 Å². The molecule has 0 aliphatic rings. The molecule has 0 bridgehead atoms. The zero-order chi connectivity index (χ0) is 13.5. The standard InChI is InChI=1S/C16H13N3/c1-13(11-12-14-7-3-2-4-8-14)15-9-5-6-10-16(15)18-19-17/h2-10,13H,1H3. The molecule has 2 aromatic carbocycles. The molecule has 0 radical (unpaired) electrons. The SMILES string of the molecule is CC(C#Cc1ccccc1)c1ccccc1N=[N+]=[N-]. The molecular weight excluding hydrogens is 234 g/mol. The van der Waals surface area contributed by atoms with Crippen molar-refractivity contribution in [3.8, 4) is 11.8 Å². The number of hydrogen-bond acceptors (Lipinski definition) is 1. The van der Waals surface area contributed by atoms with E-state index < -0.39 is 0 Å². The number of nitrogens with zero attached hydrogens (tertiary/aromatic N) is 3. The Morgan fingerprint density at radius 2 is 1.74 bits per heavy atom. The molecule has 0 amide bonds. The molecule has 0 aromatic heterocycles. The van der Waals surface area contributed by atoms with Crippen molar-refractivity contribution < 1.29 is 0 Å². The summed E-state index contributed by atoms with van der Waals surface area (Å²) in [5.41, 5.74) is 11.1. The summed E-state index contributed by atoms with van der Waals surface area (Å²) in [6, 6.07) is 17.3. The Labute approximate surface area is 112 Å². The summed E-state index contributed by atoms with van der Waals surface area (Å²) in [6.07, 6.45) is 0. The highest BCUT2D eigenvalue weighted by Crippen LogP contribution is 2.26. The second-order valence-electron chi connectivity index (χ2n) is 4.11. The van der Waals surface area contributed by atoms with E-state index in [2.05, 4.69) is 21.9 Å². The van der Waals surface area contributed by atoms with Crippen molar-refractivity contribution in [3.05, 3.63) is 76.2 Å². The first-order valence-corrected chi connectivity index (χ1v) is 6.02. The molecule has 19 heavy (non-hydrogen) atoms. The van der Waals surface area contributed by atoms with Crippen LogP contribution >= 0.6 is 0 Å². The second-order valence-corrected chi connectivity index (χ2v) is 4.11. The van der Waals surface area contributed by atoms with E-state index in [0.717, 1.165) is 11.1 Å². The van der Waals surface area contributed by atoms with Crippen molar-refractivity contribution in [2.45, 2.75) is 12.8 Å². The second kappa shape index (κ2) is 6.30. The average molecular weight is 247 g/mol. The van der Waals surface area contributed by atoms with Crippen LogP contribution in [0.25, 0.3) is 10.4 Å². The molecule has 1 atom stereocenters. The Morgan fingerprint density at radius 1 is 1.05 bits per heavy atom. The van der Waals surface area contributed by atoms with Crippen LogP contribution in [0.5, 0.6) is 0 Å². The van der Waals surface area contributed by atoms with Crippen molar-refractivity contribution in [1.29, 1.82) is 0 Å². The van der Waals surface area contributed by atoms with Crippen molar-refractivity contribution in [1.82, 2.24) is 0 Å². The zero-order valence-electron chi connectivity index (χ0n) is 10.6. The van der Waals surface area contributed by atoms with Gasteiger partial charge in [-0.25, -0.2) is 0 Å². The molecule has 0 aliphatic heterocycles. The molecule has 0 saturated heterocycles. The number of benzene rings is 2. The van der Waals surface area contributed by atoms with E-state index in [-0.39, 0.29) is 5.92 Å². The van der Waals surface area contributed by atoms with Gasteiger partial charge in [0.15, 0.2) is 0 Å². The van der Waals surface area contributed by atoms with Gasteiger partial charge >= 0.3 is 0 Å². The van der Waals surface area contributed by atoms with Crippen LogP contribution < -0.4 is 0 Å². The number of azide groups is 1. The monoisotopic (exact) mass is 247 g/mol. The van der Waals surface area contributed by atoms with Gasteiger partial charge in [-0.15, -0.1) is 0 Å². The third kappa shape index (κ3) is 3.38. The van der Waals surface area contributed by atoms with Crippen LogP contribution in [-0.4, -0.2) is 0 Å². The van der Waals surface area contributed by atoms with Gasteiger partial charge in [-0.1, -0.05) is 59.4 Å². The topological polar surface area (TPSA) is 48.8 Å². The van der Waals surface area contributed by atoms with Gasteiger partial charge in [0.1, 0.15) is 0 Å². The highest BCUT2D eigenvalue weighted by Gasteiger charge is 2.05. The van der Waals surface area contributed by atoms with E-state index in [4.69, 9.17) is 5.53 Å². The van der Waals surface area contributed by atoms with Crippen LogP contribution in [0.15, 0.2) is 59.7 Å². The molecule has 2 aromatic rings. The molecule has 3 nitrogen and oxygen atoms in total. The maximum atomic E-state index is 8.56. The van der Waals surface area contributed by atoms with Crippen molar-refractivity contribution in [2.24, 2.45) is 5.11 Å². The summed E-state index contributed by atoms with van der Waals surface area (Å²) in [6.45, 7) is 2.00. The summed E-state index contributed by atoms with van der Waals surface area (Å²) in [5, 5.41) is 3.70. The lowest BCUT2D eigenvalue weighted by molar-refractivity contribution is 1.00. The van der Waals surface area contributed by atoms with Crippen LogP contribution in [0.2, 0.25) is 0 Å². The largest absolute Gasteiger partial charge is 0.0900 e. The van der Waals surface area contributed by atoms with Gasteiger partial charge in [-0.05, 0) is 30.2 Å². The molecule has 92 valence electrons. The molecule has 3 heteroatoms. The van der Waals surface area contributed by atoms with E-state index in [0.29, 0.717) is 5.69 Å².